The van der Waals surface area contributed by atoms with Crippen LogP contribution in [0.4, 0.5) is 18.0 Å². The van der Waals surface area contributed by atoms with Gasteiger partial charge in [-0.2, -0.15) is 0 Å². The van der Waals surface area contributed by atoms with E-state index in [0.29, 0.717) is 37.1 Å². The lowest BCUT2D eigenvalue weighted by molar-refractivity contribution is -0.274. The van der Waals surface area contributed by atoms with Gasteiger partial charge in [0.05, 0.1) is 18.2 Å². The normalized spacial score (nSPS) is 22.7. The van der Waals surface area contributed by atoms with Crippen molar-refractivity contribution in [3.63, 3.8) is 0 Å². The average molecular weight is 586 g/mol. The molecule has 3 aromatic carbocycles. The van der Waals surface area contributed by atoms with Crippen LogP contribution >= 0.6 is 0 Å². The second-order valence-corrected chi connectivity index (χ2v) is 11.9. The van der Waals surface area contributed by atoms with E-state index in [1.54, 1.807) is 4.90 Å². The predicted octanol–water partition coefficient (Wildman–Crippen LogP) is 8.18. The number of nitrogens with zero attached hydrogens (tertiary/aromatic N) is 1. The smallest absolute Gasteiger partial charge is 0.489 e. The fourth-order valence-electron chi connectivity index (χ4n) is 6.01. The Morgan fingerprint density at radius 3 is 2.38 bits per heavy atom. The number of likely N-dealkylation sites (tertiary alicyclic amines) is 1. The molecule has 6 nitrogen and oxygen atoms in total. The van der Waals surface area contributed by atoms with Gasteiger partial charge in [-0.3, -0.25) is 4.90 Å². The van der Waals surface area contributed by atoms with Crippen molar-refractivity contribution in [3.8, 4) is 11.5 Å². The van der Waals surface area contributed by atoms with Gasteiger partial charge in [-0.1, -0.05) is 60.7 Å². The van der Waals surface area contributed by atoms with Gasteiger partial charge in [0.1, 0.15) is 23.7 Å². The molecule has 0 saturated carbocycles. The third-order valence-electron chi connectivity index (χ3n) is 7.61. The van der Waals surface area contributed by atoms with Crippen LogP contribution < -0.4 is 9.47 Å². The molecule has 3 aromatic rings. The van der Waals surface area contributed by atoms with Gasteiger partial charge in [0.25, 0.3) is 0 Å². The predicted molar refractivity (Wildman–Crippen MR) is 151 cm³/mol. The van der Waals surface area contributed by atoms with Gasteiger partial charge in [0.15, 0.2) is 0 Å². The Labute approximate surface area is 244 Å². The maximum Gasteiger partial charge on any atom is 0.573 e. The summed E-state index contributed by atoms with van der Waals surface area (Å²) in [4.78, 5) is 15.2. The molecule has 9 heteroatoms. The molecule has 0 N–H and O–H groups in total. The zero-order valence-electron chi connectivity index (χ0n) is 24.0. The first kappa shape index (κ1) is 29.8. The van der Waals surface area contributed by atoms with E-state index in [0.717, 1.165) is 11.1 Å². The van der Waals surface area contributed by atoms with E-state index in [2.05, 4.69) is 4.74 Å². The summed E-state index contributed by atoms with van der Waals surface area (Å²) in [6, 6.07) is 23.0. The number of benzene rings is 3. The minimum atomic E-state index is -4.83. The van der Waals surface area contributed by atoms with E-state index in [9.17, 15) is 18.0 Å². The van der Waals surface area contributed by atoms with Gasteiger partial charge >= 0.3 is 12.5 Å². The molecule has 0 radical (unpaired) electrons. The average Bonchev–Trinajstić information content (AvgIpc) is 3.35. The number of alkyl halides is 3. The van der Waals surface area contributed by atoms with Crippen molar-refractivity contribution in [1.82, 2.24) is 4.90 Å². The Bertz CT molecular complexity index is 1360. The van der Waals surface area contributed by atoms with E-state index in [-0.39, 0.29) is 24.9 Å². The molecule has 224 valence electrons. The maximum absolute atomic E-state index is 13.4. The van der Waals surface area contributed by atoms with E-state index in [1.165, 1.54) is 18.2 Å². The molecule has 2 fully saturated rings. The standard InChI is InChI=1S/C33H36F3NO5/c1-31(2,3)42-30(38)37-18-10-17-32(29(37)24-13-8-5-9-14-24)20-25(22-40-32)27-19-26(41-33(34,35)36)15-16-28(27)39-21-23-11-6-4-7-12-23/h4-9,11-16,19,25,29H,10,17-18,20-22H2,1-3H3/t25-,29-,32+/m0/s1/i33+2. The number of ether oxygens (including phenoxy) is 4. The molecule has 1 amide bonds. The molecule has 5 rings (SSSR count). The minimum Gasteiger partial charge on any atom is -0.489 e. The molecule has 0 aliphatic carbocycles. The largest absolute Gasteiger partial charge is 0.573 e. The van der Waals surface area contributed by atoms with Gasteiger partial charge in [0.2, 0.25) is 0 Å². The van der Waals surface area contributed by atoms with Gasteiger partial charge < -0.3 is 18.9 Å². The number of carbonyl (C=O) groups is 1. The minimum absolute atomic E-state index is 0.253. The Hall–Kier alpha value is -3.72. The highest BCUT2D eigenvalue weighted by molar-refractivity contribution is 5.69. The van der Waals surface area contributed by atoms with Crippen molar-refractivity contribution in [2.45, 2.75) is 76.2 Å². The number of rotatable bonds is 6. The first-order valence-corrected chi connectivity index (χ1v) is 14.2. The Morgan fingerprint density at radius 2 is 1.71 bits per heavy atom. The lowest BCUT2D eigenvalue weighted by Crippen LogP contribution is -2.53. The van der Waals surface area contributed by atoms with E-state index < -0.39 is 29.7 Å². The van der Waals surface area contributed by atoms with Crippen LogP contribution in [0.3, 0.4) is 0 Å². The summed E-state index contributed by atoms with van der Waals surface area (Å²) >= 11 is 0. The molecule has 42 heavy (non-hydrogen) atoms. The Kier molecular flexibility index (Phi) is 8.42. The van der Waals surface area contributed by atoms with Crippen LogP contribution in [0, 0.1) is 0 Å². The Morgan fingerprint density at radius 1 is 1.02 bits per heavy atom. The molecule has 2 heterocycles. The summed E-state index contributed by atoms with van der Waals surface area (Å²) in [6.45, 7) is 6.50. The van der Waals surface area contributed by atoms with E-state index in [1.807, 2.05) is 81.4 Å². The quantitative estimate of drug-likeness (QED) is 0.292. The second-order valence-electron chi connectivity index (χ2n) is 11.9. The maximum atomic E-state index is 13.4. The highest BCUT2D eigenvalue weighted by Gasteiger charge is 2.53. The molecule has 2 saturated heterocycles. The van der Waals surface area contributed by atoms with Crippen LogP contribution in [0.1, 0.15) is 68.7 Å². The number of carbonyl (C=O) groups excluding carboxylic acids is 1. The van der Waals surface area contributed by atoms with Crippen LogP contribution in [0.2, 0.25) is 0 Å². The third-order valence-corrected chi connectivity index (χ3v) is 7.61. The number of piperidine rings is 1. The molecule has 2 aliphatic rings. The molecule has 3 atom stereocenters. The summed E-state index contributed by atoms with van der Waals surface area (Å²) in [6.07, 6.45) is -3.39. The van der Waals surface area contributed by atoms with Gasteiger partial charge in [-0.15, -0.1) is 13.2 Å². The molecule has 0 aromatic heterocycles. The molecule has 0 unspecified atom stereocenters. The lowest BCUT2D eigenvalue weighted by atomic mass is 9.76. The molecule has 0 bridgehead atoms. The first-order valence-electron chi connectivity index (χ1n) is 14.2. The lowest BCUT2D eigenvalue weighted by Gasteiger charge is -2.47. The topological polar surface area (TPSA) is 57.2 Å². The highest BCUT2D eigenvalue weighted by Crippen LogP contribution is 2.53. The van der Waals surface area contributed by atoms with E-state index in [4.69, 9.17) is 14.2 Å². The van der Waals surface area contributed by atoms with Crippen LogP contribution in [0.15, 0.2) is 78.9 Å². The van der Waals surface area contributed by atoms with Crippen molar-refractivity contribution in [3.05, 3.63) is 95.6 Å². The van der Waals surface area contributed by atoms with Crippen LogP contribution in [0.25, 0.3) is 0 Å². The van der Waals surface area contributed by atoms with Crippen molar-refractivity contribution in [1.29, 1.82) is 0 Å². The zero-order valence-corrected chi connectivity index (χ0v) is 24.0. The highest BCUT2D eigenvalue weighted by atomic mass is 19.6. The van der Waals surface area contributed by atoms with Crippen molar-refractivity contribution in [2.75, 3.05) is 13.2 Å². The van der Waals surface area contributed by atoms with Gasteiger partial charge in [0, 0.05) is 18.0 Å². The van der Waals surface area contributed by atoms with Crippen LogP contribution in [-0.4, -0.2) is 41.7 Å². The summed E-state index contributed by atoms with van der Waals surface area (Å²) in [5.74, 6) is -0.142. The summed E-state index contributed by atoms with van der Waals surface area (Å²) in [5.41, 5.74) is 0.983. The van der Waals surface area contributed by atoms with Crippen molar-refractivity contribution >= 4 is 6.09 Å². The molecular weight excluding hydrogens is 549 g/mol. The summed E-state index contributed by atoms with van der Waals surface area (Å²) in [7, 11) is 0. The molecular formula is C33H36F3NO5. The number of amides is 1. The monoisotopic (exact) mass is 585 g/mol. The van der Waals surface area contributed by atoms with Gasteiger partial charge in [-0.05, 0) is 69.4 Å². The molecule has 1 spiro atoms. The SMILES string of the molecule is CC(C)(C)OC(=O)N1CCC[C@@]2(C[C@H](c3cc(O[14C](F)(F)F)ccc3OCc3ccccc3)CO2)[C@@H]1c1ccccc1. The first-order chi connectivity index (χ1) is 19.9. The fourth-order valence-corrected chi connectivity index (χ4v) is 6.01. The van der Waals surface area contributed by atoms with Crippen LogP contribution in [-0.2, 0) is 16.1 Å². The molecule has 2 aliphatic heterocycles. The third kappa shape index (κ3) is 7.01. The zero-order chi connectivity index (χ0) is 30.0. The van der Waals surface area contributed by atoms with Crippen molar-refractivity contribution < 1.29 is 36.9 Å². The number of hydrogen-bond donors (Lipinski definition) is 0. The van der Waals surface area contributed by atoms with Crippen molar-refractivity contribution in [2.24, 2.45) is 0 Å². The Balaban J connectivity index is 1.48. The van der Waals surface area contributed by atoms with Crippen LogP contribution in [0.5, 0.6) is 11.5 Å². The summed E-state index contributed by atoms with van der Waals surface area (Å²) < 4.78 is 62.3. The number of halogens is 3. The summed E-state index contributed by atoms with van der Waals surface area (Å²) in [5, 5.41) is 0. The number of hydrogen-bond acceptors (Lipinski definition) is 5. The fraction of sp³-hybridized carbons (Fsp3) is 0.424. The second kappa shape index (κ2) is 11.9. The van der Waals surface area contributed by atoms with E-state index >= 15 is 0 Å². The van der Waals surface area contributed by atoms with Gasteiger partial charge in [-0.25, -0.2) is 4.79 Å².